The van der Waals surface area contributed by atoms with Crippen molar-refractivity contribution in [1.29, 1.82) is 0 Å². The lowest BCUT2D eigenvalue weighted by molar-refractivity contribution is -0.259. The zero-order chi connectivity index (χ0) is 32.4. The molecule has 0 radical (unpaired) electrons. The SMILES string of the molecule is COC(=O)[C@H]1O[C@@H](C2C=CC3[C@H]4Cc5ccc(OC(C)=O)c6c5[C@@]3(CCN4C)[C@H]2O6)[C@H](OC(C)=O)[C@@H](OC(C)=O)[C@@H]1OC(C)=O. The van der Waals surface area contributed by atoms with Crippen LogP contribution in [0.2, 0.25) is 0 Å². The third-order valence-electron chi connectivity index (χ3n) is 9.75. The van der Waals surface area contributed by atoms with Crippen LogP contribution >= 0.6 is 0 Å². The molecule has 0 saturated carbocycles. The Labute approximate surface area is 260 Å². The van der Waals surface area contributed by atoms with Gasteiger partial charge in [0.25, 0.3) is 0 Å². The molecular weight excluding hydrogens is 590 g/mol. The van der Waals surface area contributed by atoms with Gasteiger partial charge in [-0.1, -0.05) is 18.2 Å². The van der Waals surface area contributed by atoms with Crippen molar-refractivity contribution < 1.29 is 57.1 Å². The maximum Gasteiger partial charge on any atom is 0.339 e. The van der Waals surface area contributed by atoms with E-state index in [1.807, 2.05) is 12.1 Å². The van der Waals surface area contributed by atoms with Crippen LogP contribution in [0.15, 0.2) is 24.3 Å². The van der Waals surface area contributed by atoms with Gasteiger partial charge in [0.15, 0.2) is 35.9 Å². The monoisotopic (exact) mass is 627 g/mol. The fourth-order valence-corrected chi connectivity index (χ4v) is 8.26. The lowest BCUT2D eigenvalue weighted by Gasteiger charge is -2.58. The average molecular weight is 628 g/mol. The fraction of sp³-hybridized carbons (Fsp3) is 0.594. The summed E-state index contributed by atoms with van der Waals surface area (Å²) in [5.74, 6) is -3.42. The second-order valence-corrected chi connectivity index (χ2v) is 12.4. The van der Waals surface area contributed by atoms with Gasteiger partial charge in [-0.05, 0) is 38.1 Å². The molecule has 3 heterocycles. The zero-order valence-electron chi connectivity index (χ0n) is 26.0. The number of carbonyl (C=O) groups is 5. The topological polar surface area (TPSA) is 153 Å². The summed E-state index contributed by atoms with van der Waals surface area (Å²) < 4.78 is 40.7. The Morgan fingerprint density at radius 2 is 1.56 bits per heavy atom. The normalized spacial score (nSPS) is 35.7. The molecule has 0 amide bonds. The number of piperidine rings is 1. The number of hydrogen-bond acceptors (Lipinski definition) is 13. The van der Waals surface area contributed by atoms with Crippen LogP contribution in [0.3, 0.4) is 0 Å². The number of rotatable bonds is 6. The molecule has 1 aromatic rings. The van der Waals surface area contributed by atoms with E-state index >= 15 is 0 Å². The highest BCUT2D eigenvalue weighted by Crippen LogP contribution is 2.64. The quantitative estimate of drug-likeness (QED) is 0.194. The Kier molecular flexibility index (Phi) is 7.88. The molecule has 242 valence electrons. The highest BCUT2D eigenvalue weighted by molar-refractivity contribution is 5.77. The van der Waals surface area contributed by atoms with Gasteiger partial charge in [0.2, 0.25) is 0 Å². The van der Waals surface area contributed by atoms with Crippen molar-refractivity contribution in [3.63, 3.8) is 0 Å². The molecule has 5 aliphatic rings. The Hall–Kier alpha value is -3.97. The zero-order valence-corrected chi connectivity index (χ0v) is 26.0. The van der Waals surface area contributed by atoms with Crippen LogP contribution in [0, 0.1) is 11.8 Å². The van der Waals surface area contributed by atoms with Crippen molar-refractivity contribution in [3.8, 4) is 11.5 Å². The summed E-state index contributed by atoms with van der Waals surface area (Å²) in [4.78, 5) is 64.6. The van der Waals surface area contributed by atoms with Crippen molar-refractivity contribution in [3.05, 3.63) is 35.4 Å². The molecular formula is C32H37NO12. The Balaban J connectivity index is 1.50. The molecule has 1 spiro atoms. The van der Waals surface area contributed by atoms with Gasteiger partial charge < -0.3 is 38.1 Å². The summed E-state index contributed by atoms with van der Waals surface area (Å²) in [6, 6.07) is 3.89. The van der Waals surface area contributed by atoms with Crippen LogP contribution in [0.4, 0.5) is 0 Å². The maximum atomic E-state index is 13.1. The highest BCUT2D eigenvalue weighted by Gasteiger charge is 2.67. The number of nitrogens with zero attached hydrogens (tertiary/aromatic N) is 1. The molecule has 3 aliphatic heterocycles. The first-order chi connectivity index (χ1) is 21.4. The van der Waals surface area contributed by atoms with Gasteiger partial charge in [-0.2, -0.15) is 0 Å². The summed E-state index contributed by atoms with van der Waals surface area (Å²) in [7, 11) is 3.26. The fourth-order valence-electron chi connectivity index (χ4n) is 8.26. The first-order valence-corrected chi connectivity index (χ1v) is 15.0. The minimum Gasteiger partial charge on any atom is -0.485 e. The van der Waals surface area contributed by atoms with Crippen molar-refractivity contribution in [1.82, 2.24) is 4.90 Å². The van der Waals surface area contributed by atoms with Crippen molar-refractivity contribution in [2.45, 2.75) is 88.6 Å². The second kappa shape index (κ2) is 11.4. The lowest BCUT2D eigenvalue weighted by Crippen LogP contribution is -2.69. The molecule has 2 saturated heterocycles. The van der Waals surface area contributed by atoms with Gasteiger partial charge in [-0.15, -0.1) is 0 Å². The van der Waals surface area contributed by atoms with Crippen LogP contribution in [0.1, 0.15) is 45.2 Å². The molecule has 2 aliphatic carbocycles. The number of esters is 5. The van der Waals surface area contributed by atoms with Crippen molar-refractivity contribution >= 4 is 29.8 Å². The predicted molar refractivity (Wildman–Crippen MR) is 152 cm³/mol. The van der Waals surface area contributed by atoms with Gasteiger partial charge in [0.05, 0.1) is 7.11 Å². The molecule has 13 nitrogen and oxygen atoms in total. The first kappa shape index (κ1) is 31.0. The number of benzene rings is 1. The molecule has 45 heavy (non-hydrogen) atoms. The summed E-state index contributed by atoms with van der Waals surface area (Å²) in [5, 5.41) is 0. The van der Waals surface area contributed by atoms with Crippen LogP contribution in [-0.2, 0) is 59.5 Å². The molecule has 2 bridgehead atoms. The van der Waals surface area contributed by atoms with E-state index in [9.17, 15) is 24.0 Å². The first-order valence-electron chi connectivity index (χ1n) is 15.0. The average Bonchev–Trinajstić information content (AvgIpc) is 3.32. The van der Waals surface area contributed by atoms with E-state index in [1.165, 1.54) is 13.8 Å². The standard InChI is InChI=1S/C32H37NO12/c1-14(34)40-22-10-7-18-13-21-20-9-8-19(30-32(20,11-12-33(21)5)23(18)25(22)45-30)24-26(41-15(2)35)27(42-16(3)36)28(43-17(4)37)29(44-24)31(38)39-6/h7-10,19-21,24,26-30H,11-13H2,1-6H3/t19?,20?,21-,24+,26+,27-,28+,29+,30+,32+/m1/s1. The summed E-state index contributed by atoms with van der Waals surface area (Å²) >= 11 is 0. The Morgan fingerprint density at radius 1 is 0.889 bits per heavy atom. The molecule has 1 aromatic carbocycles. The van der Waals surface area contributed by atoms with E-state index in [1.54, 1.807) is 6.07 Å². The molecule has 13 heteroatoms. The Bertz CT molecular complexity index is 1470. The predicted octanol–water partition coefficient (Wildman–Crippen LogP) is 1.41. The van der Waals surface area contributed by atoms with Gasteiger partial charge in [-0.3, -0.25) is 19.2 Å². The highest BCUT2D eigenvalue weighted by atomic mass is 16.7. The van der Waals surface area contributed by atoms with E-state index in [0.717, 1.165) is 45.0 Å². The number of likely N-dealkylation sites (tertiary alicyclic amines) is 1. The molecule has 0 aromatic heterocycles. The minimum atomic E-state index is -1.52. The van der Waals surface area contributed by atoms with Gasteiger partial charge in [0, 0.05) is 56.6 Å². The lowest BCUT2D eigenvalue weighted by atomic mass is 9.51. The summed E-state index contributed by atoms with van der Waals surface area (Å²) in [6.07, 6.45) is -1.88. The molecule has 6 rings (SSSR count). The third-order valence-corrected chi connectivity index (χ3v) is 9.75. The van der Waals surface area contributed by atoms with Crippen LogP contribution in [0.25, 0.3) is 0 Å². The second-order valence-electron chi connectivity index (χ2n) is 12.4. The number of carbonyl (C=O) groups excluding carboxylic acids is 5. The number of methoxy groups -OCH3 is 1. The third kappa shape index (κ3) is 4.96. The molecule has 0 N–H and O–H groups in total. The van der Waals surface area contributed by atoms with E-state index < -0.39 is 77.8 Å². The van der Waals surface area contributed by atoms with Crippen molar-refractivity contribution in [2.75, 3.05) is 20.7 Å². The molecule has 10 atom stereocenters. The molecule has 2 unspecified atom stereocenters. The summed E-state index contributed by atoms with van der Waals surface area (Å²) in [5.41, 5.74) is 1.50. The van der Waals surface area contributed by atoms with Gasteiger partial charge in [-0.25, -0.2) is 4.79 Å². The van der Waals surface area contributed by atoms with E-state index in [2.05, 4.69) is 18.0 Å². The largest absolute Gasteiger partial charge is 0.485 e. The van der Waals surface area contributed by atoms with E-state index in [-0.39, 0.29) is 12.0 Å². The smallest absolute Gasteiger partial charge is 0.339 e. The summed E-state index contributed by atoms with van der Waals surface area (Å²) in [6.45, 7) is 5.59. The van der Waals surface area contributed by atoms with Crippen LogP contribution in [-0.4, -0.2) is 98.1 Å². The van der Waals surface area contributed by atoms with Gasteiger partial charge >= 0.3 is 29.8 Å². The van der Waals surface area contributed by atoms with Gasteiger partial charge in [0.1, 0.15) is 12.2 Å². The number of hydrogen-bond donors (Lipinski definition) is 0. The van der Waals surface area contributed by atoms with E-state index in [4.69, 9.17) is 33.2 Å². The number of ether oxygens (including phenoxy) is 7. The van der Waals surface area contributed by atoms with E-state index in [0.29, 0.717) is 17.9 Å². The maximum absolute atomic E-state index is 13.1. The number of likely N-dealkylation sites (N-methyl/N-ethyl adjacent to an activating group) is 1. The Morgan fingerprint density at radius 3 is 2.20 bits per heavy atom. The van der Waals surface area contributed by atoms with Crippen LogP contribution in [0.5, 0.6) is 11.5 Å². The molecule has 2 fully saturated rings. The minimum absolute atomic E-state index is 0.0315. The van der Waals surface area contributed by atoms with Crippen molar-refractivity contribution in [2.24, 2.45) is 11.8 Å². The van der Waals surface area contributed by atoms with Crippen LogP contribution < -0.4 is 9.47 Å².